The van der Waals surface area contributed by atoms with Gasteiger partial charge in [0.05, 0.1) is 5.16 Å². The van der Waals surface area contributed by atoms with E-state index in [0.717, 1.165) is 36.1 Å². The molecule has 134 valence electrons. The van der Waals surface area contributed by atoms with Gasteiger partial charge in [-0.1, -0.05) is 50.7 Å². The molecular weight excluding hydrogens is 348 g/mol. The van der Waals surface area contributed by atoms with Crippen LogP contribution in [0.4, 0.5) is 14.5 Å². The second-order valence-corrected chi connectivity index (χ2v) is 6.23. The van der Waals surface area contributed by atoms with Crippen LogP contribution in [0.15, 0.2) is 35.3 Å². The first-order chi connectivity index (χ1) is 12.6. The lowest BCUT2D eigenvalue weighted by atomic mass is 9.98. The molecule has 1 nitrogen and oxygen atoms in total. The maximum atomic E-state index is 13.9. The molecule has 0 aromatic heterocycles. The minimum atomic E-state index is -0.798. The number of aryl methyl sites for hydroxylation is 2. The van der Waals surface area contributed by atoms with E-state index in [1.54, 1.807) is 0 Å². The number of isothiocyanates is 1. The van der Waals surface area contributed by atoms with E-state index in [1.807, 2.05) is 11.2 Å². The molecule has 0 atom stereocenters. The number of hydrogen-bond donors (Lipinski definition) is 0. The van der Waals surface area contributed by atoms with Gasteiger partial charge >= 0.3 is 0 Å². The van der Waals surface area contributed by atoms with Crippen LogP contribution in [0, 0.1) is 23.5 Å². The lowest BCUT2D eigenvalue weighted by molar-refractivity contribution is 0.587. The Morgan fingerprint density at radius 2 is 1.73 bits per heavy atom. The zero-order chi connectivity index (χ0) is 18.9. The van der Waals surface area contributed by atoms with Gasteiger partial charge in [-0.3, -0.25) is 0 Å². The maximum Gasteiger partial charge on any atom is 0.153 e. The van der Waals surface area contributed by atoms with Gasteiger partial charge in [-0.2, -0.15) is 4.99 Å². The summed E-state index contributed by atoms with van der Waals surface area (Å²) < 4.78 is 27.8. The average molecular weight is 369 g/mol. The number of halogens is 2. The van der Waals surface area contributed by atoms with Crippen LogP contribution in [0.3, 0.4) is 0 Å². The molecule has 0 unspecified atom stereocenters. The molecule has 0 bridgehead atoms. The number of rotatable bonds is 6. The van der Waals surface area contributed by atoms with Crippen LogP contribution in [0.1, 0.15) is 55.4 Å². The highest BCUT2D eigenvalue weighted by molar-refractivity contribution is 7.78. The predicted octanol–water partition coefficient (Wildman–Crippen LogP) is 6.39. The minimum absolute atomic E-state index is 0.261. The van der Waals surface area contributed by atoms with Crippen LogP contribution < -0.4 is 0 Å². The summed E-state index contributed by atoms with van der Waals surface area (Å²) >= 11 is 4.39. The molecule has 2 aromatic rings. The van der Waals surface area contributed by atoms with Gasteiger partial charge in [-0.25, -0.2) is 8.78 Å². The highest BCUT2D eigenvalue weighted by Crippen LogP contribution is 2.23. The molecule has 2 rings (SSSR count). The molecule has 4 heteroatoms. The molecule has 0 saturated carbocycles. The molecule has 0 N–H and O–H groups in total. The van der Waals surface area contributed by atoms with Gasteiger partial charge in [0, 0.05) is 11.1 Å². The molecule has 0 heterocycles. The second-order valence-electron chi connectivity index (χ2n) is 6.04. The first-order valence-electron chi connectivity index (χ1n) is 8.79. The van der Waals surface area contributed by atoms with Gasteiger partial charge in [-0.05, 0) is 60.8 Å². The van der Waals surface area contributed by atoms with E-state index in [4.69, 9.17) is 0 Å². The molecule has 0 saturated heterocycles. The molecule has 2 aromatic carbocycles. The summed E-state index contributed by atoms with van der Waals surface area (Å²) in [6.07, 6.45) is 5.53. The molecule has 0 aliphatic heterocycles. The van der Waals surface area contributed by atoms with Gasteiger partial charge in [0.15, 0.2) is 11.6 Å². The minimum Gasteiger partial charge on any atom is -0.204 e. The number of thiocarbonyl (C=S) groups is 1. The van der Waals surface area contributed by atoms with Crippen molar-refractivity contribution in [1.29, 1.82) is 0 Å². The van der Waals surface area contributed by atoms with Gasteiger partial charge in [0.25, 0.3) is 0 Å². The largest absolute Gasteiger partial charge is 0.204 e. The summed E-state index contributed by atoms with van der Waals surface area (Å²) in [6.45, 7) is 4.27. The summed E-state index contributed by atoms with van der Waals surface area (Å²) in [5.74, 6) is 4.28. The number of aliphatic imine (C=N–C) groups is 1. The number of nitrogens with zero attached hydrogens (tertiary/aromatic N) is 1. The Bertz CT molecular complexity index is 864. The summed E-state index contributed by atoms with van der Waals surface area (Å²) in [5.41, 5.74) is 3.16. The topological polar surface area (TPSA) is 12.4 Å². The molecule has 26 heavy (non-hydrogen) atoms. The molecule has 0 aliphatic carbocycles. The fourth-order valence-corrected chi connectivity index (χ4v) is 2.82. The van der Waals surface area contributed by atoms with Crippen molar-refractivity contribution >= 4 is 23.1 Å². The summed E-state index contributed by atoms with van der Waals surface area (Å²) in [7, 11) is 0. The Hall–Kier alpha value is -2.34. The lowest BCUT2D eigenvalue weighted by Gasteiger charge is -2.06. The molecule has 0 fully saturated rings. The van der Waals surface area contributed by atoms with Gasteiger partial charge < -0.3 is 0 Å². The number of hydrogen-bond acceptors (Lipinski definition) is 2. The van der Waals surface area contributed by atoms with E-state index in [2.05, 4.69) is 55.0 Å². The van der Waals surface area contributed by atoms with Crippen molar-refractivity contribution in [3.05, 3.63) is 64.2 Å². The summed E-state index contributed by atoms with van der Waals surface area (Å²) in [4.78, 5) is 3.40. The monoisotopic (exact) mass is 369 g/mol. The second kappa shape index (κ2) is 9.97. The van der Waals surface area contributed by atoms with Crippen molar-refractivity contribution in [2.75, 3.05) is 0 Å². The normalized spacial score (nSPS) is 10.0. The van der Waals surface area contributed by atoms with E-state index < -0.39 is 17.3 Å². The molecule has 0 aliphatic rings. The van der Waals surface area contributed by atoms with Crippen LogP contribution in [0.2, 0.25) is 0 Å². The Morgan fingerprint density at radius 1 is 1.00 bits per heavy atom. The third-order valence-corrected chi connectivity index (χ3v) is 4.23. The van der Waals surface area contributed by atoms with E-state index >= 15 is 0 Å². The predicted molar refractivity (Wildman–Crippen MR) is 106 cm³/mol. The van der Waals surface area contributed by atoms with Crippen LogP contribution in [0.5, 0.6) is 0 Å². The fraction of sp³-hybridized carbons (Fsp3) is 0.318. The zero-order valence-electron chi connectivity index (χ0n) is 15.0. The van der Waals surface area contributed by atoms with Gasteiger partial charge in [0.2, 0.25) is 0 Å². The number of unbranched alkanes of at least 4 members (excludes halogenated alkanes) is 2. The van der Waals surface area contributed by atoms with Crippen molar-refractivity contribution in [2.24, 2.45) is 4.99 Å². The number of benzene rings is 2. The molecule has 0 spiro atoms. The SMILES string of the molecule is CCCCCc1ccc(C#Cc2cc(F)c(N=C=S)c(F)c2)c(CC)c1. The quantitative estimate of drug-likeness (QED) is 0.249. The third kappa shape index (κ3) is 5.33. The fourth-order valence-electron chi connectivity index (χ4n) is 2.73. The van der Waals surface area contributed by atoms with Gasteiger partial charge in [-0.15, -0.1) is 0 Å². The van der Waals surface area contributed by atoms with E-state index in [-0.39, 0.29) is 5.56 Å². The third-order valence-electron chi connectivity index (χ3n) is 4.14. The Morgan fingerprint density at radius 3 is 2.35 bits per heavy atom. The average Bonchev–Trinajstić information content (AvgIpc) is 2.63. The van der Waals surface area contributed by atoms with Crippen molar-refractivity contribution in [1.82, 2.24) is 0 Å². The van der Waals surface area contributed by atoms with Gasteiger partial charge in [0.1, 0.15) is 5.69 Å². The zero-order valence-corrected chi connectivity index (χ0v) is 15.9. The van der Waals surface area contributed by atoms with Crippen molar-refractivity contribution in [2.45, 2.75) is 46.0 Å². The van der Waals surface area contributed by atoms with Crippen LogP contribution in [0.25, 0.3) is 0 Å². The first kappa shape index (κ1) is 20.0. The highest BCUT2D eigenvalue weighted by atomic mass is 32.1. The Kier molecular flexibility index (Phi) is 7.66. The maximum absolute atomic E-state index is 13.9. The van der Waals surface area contributed by atoms with E-state index in [9.17, 15) is 8.78 Å². The molecule has 0 amide bonds. The van der Waals surface area contributed by atoms with E-state index in [1.165, 1.54) is 24.8 Å². The van der Waals surface area contributed by atoms with Crippen LogP contribution >= 0.6 is 12.2 Å². The molecule has 0 radical (unpaired) electrons. The summed E-state index contributed by atoms with van der Waals surface area (Å²) in [5, 5.41) is 1.97. The smallest absolute Gasteiger partial charge is 0.153 e. The first-order valence-corrected chi connectivity index (χ1v) is 9.20. The Balaban J connectivity index is 2.28. The summed E-state index contributed by atoms with van der Waals surface area (Å²) in [6, 6.07) is 8.57. The highest BCUT2D eigenvalue weighted by Gasteiger charge is 2.09. The van der Waals surface area contributed by atoms with E-state index in [0.29, 0.717) is 0 Å². The van der Waals surface area contributed by atoms with Crippen LogP contribution in [-0.4, -0.2) is 5.16 Å². The molecular formula is C22H21F2NS. The van der Waals surface area contributed by atoms with Crippen molar-refractivity contribution < 1.29 is 8.78 Å². The standard InChI is InChI=1S/C22H21F2NS/c1-3-5-6-7-16-8-10-19(18(4-2)12-16)11-9-17-13-20(23)22(25-15-26)21(24)14-17/h8,10,12-14H,3-7H2,1-2H3. The lowest BCUT2D eigenvalue weighted by Crippen LogP contribution is -1.93. The van der Waals surface area contributed by atoms with Crippen molar-refractivity contribution in [3.63, 3.8) is 0 Å². The Labute approximate surface area is 159 Å². The van der Waals surface area contributed by atoms with Crippen molar-refractivity contribution in [3.8, 4) is 11.8 Å². The van der Waals surface area contributed by atoms with Crippen LogP contribution in [-0.2, 0) is 12.8 Å².